The van der Waals surface area contributed by atoms with Crippen LogP contribution in [-0.2, 0) is 4.79 Å². The maximum atomic E-state index is 13.1. The summed E-state index contributed by atoms with van der Waals surface area (Å²) in [5, 5.41) is 6.14. The predicted molar refractivity (Wildman–Crippen MR) is 120 cm³/mol. The molecule has 2 amide bonds. The Morgan fingerprint density at radius 1 is 1.10 bits per heavy atom. The molecule has 0 aliphatic rings. The lowest BCUT2D eigenvalue weighted by atomic mass is 10.1. The Bertz CT molecular complexity index is 1220. The molecule has 4 aromatic rings. The van der Waals surface area contributed by atoms with Gasteiger partial charge in [-0.15, -0.1) is 0 Å². The molecular formula is C23H20ClN5O2. The zero-order valence-electron chi connectivity index (χ0n) is 16.7. The molecule has 2 aromatic carbocycles. The Kier molecular flexibility index (Phi) is 5.86. The monoisotopic (exact) mass is 433 g/mol. The molecule has 8 heteroatoms. The number of carbonyl (C=O) groups is 2. The molecule has 0 spiro atoms. The number of nitrogens with zero attached hydrogens (tertiary/aromatic N) is 2. The molecule has 1 atom stereocenters. The zero-order chi connectivity index (χ0) is 21.8. The SMILES string of the molecule is Cc1cccc(NC(=O)c2c[nH]c(C(C(=O)Nc3ccccc3Cl)n3ccnc3)c2)c1. The maximum Gasteiger partial charge on any atom is 0.257 e. The van der Waals surface area contributed by atoms with Crippen molar-refractivity contribution in [1.29, 1.82) is 0 Å². The van der Waals surface area contributed by atoms with Crippen molar-refractivity contribution >= 4 is 34.8 Å². The molecule has 7 nitrogen and oxygen atoms in total. The van der Waals surface area contributed by atoms with Gasteiger partial charge in [-0.2, -0.15) is 0 Å². The van der Waals surface area contributed by atoms with Crippen LogP contribution in [0.2, 0.25) is 5.02 Å². The van der Waals surface area contributed by atoms with Crippen LogP contribution in [0.25, 0.3) is 0 Å². The fraction of sp³-hybridized carbons (Fsp3) is 0.0870. The van der Waals surface area contributed by atoms with Gasteiger partial charge in [-0.25, -0.2) is 4.98 Å². The van der Waals surface area contributed by atoms with Gasteiger partial charge in [0.1, 0.15) is 0 Å². The van der Waals surface area contributed by atoms with Crippen molar-refractivity contribution in [3.8, 4) is 0 Å². The number of nitrogens with one attached hydrogen (secondary N) is 3. The molecule has 4 rings (SSSR count). The summed E-state index contributed by atoms with van der Waals surface area (Å²) in [4.78, 5) is 32.9. The lowest BCUT2D eigenvalue weighted by Gasteiger charge is -2.17. The normalized spacial score (nSPS) is 11.7. The summed E-state index contributed by atoms with van der Waals surface area (Å²) in [5.41, 5.74) is 3.20. The Morgan fingerprint density at radius 3 is 2.68 bits per heavy atom. The number of aromatic nitrogens is 3. The maximum absolute atomic E-state index is 13.1. The number of amides is 2. The van der Waals surface area contributed by atoms with Gasteiger partial charge in [0.2, 0.25) is 0 Å². The average Bonchev–Trinajstić information content (AvgIpc) is 3.43. The summed E-state index contributed by atoms with van der Waals surface area (Å²) in [6, 6.07) is 15.4. The molecule has 0 aliphatic carbocycles. The van der Waals surface area contributed by atoms with E-state index in [9.17, 15) is 9.59 Å². The van der Waals surface area contributed by atoms with E-state index in [2.05, 4.69) is 20.6 Å². The van der Waals surface area contributed by atoms with Crippen LogP contribution in [0, 0.1) is 6.92 Å². The van der Waals surface area contributed by atoms with Crippen molar-refractivity contribution in [2.75, 3.05) is 10.6 Å². The highest BCUT2D eigenvalue weighted by Gasteiger charge is 2.25. The fourth-order valence-corrected chi connectivity index (χ4v) is 3.43. The lowest BCUT2D eigenvalue weighted by molar-refractivity contribution is -0.118. The topological polar surface area (TPSA) is 91.8 Å². The molecule has 0 bridgehead atoms. The van der Waals surface area contributed by atoms with Gasteiger partial charge in [0, 0.05) is 30.0 Å². The first kappa shape index (κ1) is 20.4. The third-order valence-corrected chi connectivity index (χ3v) is 5.07. The van der Waals surface area contributed by atoms with Crippen LogP contribution < -0.4 is 10.6 Å². The minimum Gasteiger partial charge on any atom is -0.362 e. The number of imidazole rings is 1. The molecule has 0 radical (unpaired) electrons. The van der Waals surface area contributed by atoms with Crippen molar-refractivity contribution in [3.63, 3.8) is 0 Å². The highest BCUT2D eigenvalue weighted by atomic mass is 35.5. The molecule has 0 saturated carbocycles. The first-order valence-electron chi connectivity index (χ1n) is 9.60. The smallest absolute Gasteiger partial charge is 0.257 e. The number of hydrogen-bond acceptors (Lipinski definition) is 3. The number of benzene rings is 2. The Hall–Kier alpha value is -3.84. The molecule has 2 aromatic heterocycles. The number of carbonyl (C=O) groups excluding carboxylic acids is 2. The molecular weight excluding hydrogens is 414 g/mol. The standard InChI is InChI=1S/C23H20ClN5O2/c1-15-5-4-6-17(11-15)27-22(30)16-12-20(26-13-16)21(29-10-9-25-14-29)23(31)28-19-8-3-2-7-18(19)24/h2-14,21,26H,1H3,(H,27,30)(H,28,31). The summed E-state index contributed by atoms with van der Waals surface area (Å²) < 4.78 is 1.65. The van der Waals surface area contributed by atoms with Crippen LogP contribution in [0.15, 0.2) is 79.5 Å². The van der Waals surface area contributed by atoms with E-state index in [1.807, 2.05) is 31.2 Å². The van der Waals surface area contributed by atoms with E-state index >= 15 is 0 Å². The second kappa shape index (κ2) is 8.89. The summed E-state index contributed by atoms with van der Waals surface area (Å²) in [6.07, 6.45) is 6.39. The molecule has 0 fully saturated rings. The molecule has 1 unspecified atom stereocenters. The number of aromatic amines is 1. The van der Waals surface area contributed by atoms with Gasteiger partial charge < -0.3 is 20.2 Å². The van der Waals surface area contributed by atoms with Gasteiger partial charge in [0.15, 0.2) is 6.04 Å². The molecule has 31 heavy (non-hydrogen) atoms. The number of hydrogen-bond donors (Lipinski definition) is 3. The highest BCUT2D eigenvalue weighted by molar-refractivity contribution is 6.33. The van der Waals surface area contributed by atoms with Gasteiger partial charge in [-0.3, -0.25) is 9.59 Å². The first-order valence-corrected chi connectivity index (χ1v) is 9.98. The number of anilines is 2. The second-order valence-corrected chi connectivity index (χ2v) is 7.46. The largest absolute Gasteiger partial charge is 0.362 e. The van der Waals surface area contributed by atoms with E-state index in [1.54, 1.807) is 59.8 Å². The third-order valence-electron chi connectivity index (χ3n) is 4.74. The van der Waals surface area contributed by atoms with Crippen LogP contribution in [0.3, 0.4) is 0 Å². The molecule has 3 N–H and O–H groups in total. The van der Waals surface area contributed by atoms with E-state index in [1.165, 1.54) is 0 Å². The van der Waals surface area contributed by atoms with E-state index in [4.69, 9.17) is 11.6 Å². The Labute approximate surface area is 184 Å². The van der Waals surface area contributed by atoms with Crippen LogP contribution in [0.1, 0.15) is 27.7 Å². The van der Waals surface area contributed by atoms with E-state index in [0.717, 1.165) is 5.56 Å². The third kappa shape index (κ3) is 4.67. The molecule has 2 heterocycles. The van der Waals surface area contributed by atoms with Crippen LogP contribution in [0.4, 0.5) is 11.4 Å². The fourth-order valence-electron chi connectivity index (χ4n) is 3.25. The van der Waals surface area contributed by atoms with E-state index in [0.29, 0.717) is 27.7 Å². The zero-order valence-corrected chi connectivity index (χ0v) is 17.4. The summed E-state index contributed by atoms with van der Waals surface area (Å²) >= 11 is 6.18. The summed E-state index contributed by atoms with van der Waals surface area (Å²) in [7, 11) is 0. The Balaban J connectivity index is 1.58. The number of aryl methyl sites for hydroxylation is 1. The summed E-state index contributed by atoms with van der Waals surface area (Å²) in [5.74, 6) is -0.595. The lowest BCUT2D eigenvalue weighted by Crippen LogP contribution is -2.26. The number of H-pyrrole nitrogens is 1. The van der Waals surface area contributed by atoms with Crippen LogP contribution in [-0.4, -0.2) is 26.3 Å². The molecule has 0 saturated heterocycles. The van der Waals surface area contributed by atoms with Crippen molar-refractivity contribution in [2.24, 2.45) is 0 Å². The summed E-state index contributed by atoms with van der Waals surface area (Å²) in [6.45, 7) is 1.96. The number of rotatable bonds is 6. The Morgan fingerprint density at radius 2 is 1.94 bits per heavy atom. The van der Waals surface area contributed by atoms with Gasteiger partial charge in [0.25, 0.3) is 11.8 Å². The highest BCUT2D eigenvalue weighted by Crippen LogP contribution is 2.25. The molecule has 156 valence electrons. The van der Waals surface area contributed by atoms with Crippen molar-refractivity contribution in [3.05, 3.63) is 101 Å². The average molecular weight is 434 g/mol. The predicted octanol–water partition coefficient (Wildman–Crippen LogP) is 4.65. The second-order valence-electron chi connectivity index (χ2n) is 7.05. The van der Waals surface area contributed by atoms with E-state index < -0.39 is 6.04 Å². The van der Waals surface area contributed by atoms with Crippen LogP contribution in [0.5, 0.6) is 0 Å². The first-order chi connectivity index (χ1) is 15.0. The van der Waals surface area contributed by atoms with Crippen molar-refractivity contribution < 1.29 is 9.59 Å². The van der Waals surface area contributed by atoms with Gasteiger partial charge in [-0.1, -0.05) is 35.9 Å². The minimum atomic E-state index is -0.765. The van der Waals surface area contributed by atoms with Crippen molar-refractivity contribution in [1.82, 2.24) is 14.5 Å². The minimum absolute atomic E-state index is 0.274. The van der Waals surface area contributed by atoms with Gasteiger partial charge >= 0.3 is 0 Å². The van der Waals surface area contributed by atoms with Crippen molar-refractivity contribution in [2.45, 2.75) is 13.0 Å². The quantitative estimate of drug-likeness (QED) is 0.413. The number of para-hydroxylation sites is 1. The van der Waals surface area contributed by atoms with Gasteiger partial charge in [0.05, 0.1) is 22.6 Å². The van der Waals surface area contributed by atoms with Gasteiger partial charge in [-0.05, 0) is 42.8 Å². The number of halogens is 1. The molecule has 0 aliphatic heterocycles. The van der Waals surface area contributed by atoms with E-state index in [-0.39, 0.29) is 11.8 Å². The van der Waals surface area contributed by atoms with Crippen LogP contribution >= 0.6 is 11.6 Å².